The second-order valence-electron chi connectivity index (χ2n) is 4.39. The van der Waals surface area contributed by atoms with Gasteiger partial charge in [0.2, 0.25) is 0 Å². The lowest BCUT2D eigenvalue weighted by molar-refractivity contribution is 0.0698. The molecule has 1 heterocycles. The molecule has 1 atom stereocenters. The van der Waals surface area contributed by atoms with Crippen LogP contribution in [-0.2, 0) is 7.05 Å². The normalized spacial score (nSPS) is 12.9. The van der Waals surface area contributed by atoms with Gasteiger partial charge in [0.1, 0.15) is 0 Å². The highest BCUT2D eigenvalue weighted by atomic mass is 16.4. The van der Waals surface area contributed by atoms with Gasteiger partial charge in [-0.3, -0.25) is 0 Å². The Balaban J connectivity index is 2.83. The lowest BCUT2D eigenvalue weighted by Crippen LogP contribution is -2.04. The SMILES string of the molecule is Cc1c(C(=O)O)c2cc(C(C)N)ccc2n1C. The van der Waals surface area contributed by atoms with Gasteiger partial charge in [-0.05, 0) is 31.5 Å². The highest BCUT2D eigenvalue weighted by Crippen LogP contribution is 2.27. The maximum Gasteiger partial charge on any atom is 0.338 e. The fraction of sp³-hybridized carbons (Fsp3) is 0.308. The van der Waals surface area contributed by atoms with Crippen LogP contribution in [0.5, 0.6) is 0 Å². The average molecular weight is 232 g/mol. The summed E-state index contributed by atoms with van der Waals surface area (Å²) in [6.45, 7) is 3.70. The van der Waals surface area contributed by atoms with Gasteiger partial charge in [0.25, 0.3) is 0 Å². The third kappa shape index (κ3) is 1.70. The predicted octanol–water partition coefficient (Wildman–Crippen LogP) is 2.20. The van der Waals surface area contributed by atoms with E-state index in [0.717, 1.165) is 22.2 Å². The lowest BCUT2D eigenvalue weighted by atomic mass is 10.0. The van der Waals surface area contributed by atoms with Crippen molar-refractivity contribution in [1.29, 1.82) is 0 Å². The first-order valence-corrected chi connectivity index (χ1v) is 5.51. The maximum absolute atomic E-state index is 11.3. The summed E-state index contributed by atoms with van der Waals surface area (Å²) in [5.41, 5.74) is 8.82. The van der Waals surface area contributed by atoms with E-state index in [-0.39, 0.29) is 6.04 Å². The molecule has 0 aliphatic carbocycles. The van der Waals surface area contributed by atoms with Crippen molar-refractivity contribution >= 4 is 16.9 Å². The molecular formula is C13H16N2O2. The van der Waals surface area contributed by atoms with Crippen molar-refractivity contribution in [2.45, 2.75) is 19.9 Å². The largest absolute Gasteiger partial charge is 0.478 e. The molecule has 17 heavy (non-hydrogen) atoms. The molecule has 0 fully saturated rings. The molecule has 0 amide bonds. The number of aromatic nitrogens is 1. The first-order valence-electron chi connectivity index (χ1n) is 5.51. The van der Waals surface area contributed by atoms with E-state index in [2.05, 4.69) is 0 Å². The molecular weight excluding hydrogens is 216 g/mol. The monoisotopic (exact) mass is 232 g/mol. The van der Waals surface area contributed by atoms with Crippen LogP contribution in [0.3, 0.4) is 0 Å². The molecule has 3 N–H and O–H groups in total. The van der Waals surface area contributed by atoms with Gasteiger partial charge < -0.3 is 15.4 Å². The van der Waals surface area contributed by atoms with Crippen molar-refractivity contribution in [3.63, 3.8) is 0 Å². The predicted molar refractivity (Wildman–Crippen MR) is 67.2 cm³/mol. The van der Waals surface area contributed by atoms with E-state index in [4.69, 9.17) is 5.73 Å². The first-order chi connectivity index (χ1) is 7.93. The molecule has 1 aromatic heterocycles. The van der Waals surface area contributed by atoms with E-state index >= 15 is 0 Å². The Bertz CT molecular complexity index is 597. The van der Waals surface area contributed by atoms with Gasteiger partial charge in [-0.25, -0.2) is 4.79 Å². The van der Waals surface area contributed by atoms with Crippen LogP contribution in [0.4, 0.5) is 0 Å². The number of nitrogens with zero attached hydrogens (tertiary/aromatic N) is 1. The maximum atomic E-state index is 11.3. The molecule has 0 spiro atoms. The van der Waals surface area contributed by atoms with Crippen molar-refractivity contribution in [1.82, 2.24) is 4.57 Å². The zero-order valence-corrected chi connectivity index (χ0v) is 10.2. The molecule has 0 saturated heterocycles. The fourth-order valence-corrected chi connectivity index (χ4v) is 2.14. The number of aryl methyl sites for hydroxylation is 1. The number of carbonyl (C=O) groups is 1. The number of nitrogens with two attached hydrogens (primary N) is 1. The third-order valence-corrected chi connectivity index (χ3v) is 3.26. The molecule has 4 nitrogen and oxygen atoms in total. The number of carboxylic acid groups (broad SMARTS) is 1. The van der Waals surface area contributed by atoms with Gasteiger partial charge in [-0.2, -0.15) is 0 Å². The van der Waals surface area contributed by atoms with Gasteiger partial charge in [-0.1, -0.05) is 6.07 Å². The van der Waals surface area contributed by atoms with Gasteiger partial charge >= 0.3 is 5.97 Å². The van der Waals surface area contributed by atoms with Crippen LogP contribution in [0, 0.1) is 6.92 Å². The van der Waals surface area contributed by atoms with Crippen LogP contribution in [0.25, 0.3) is 10.9 Å². The highest BCUT2D eigenvalue weighted by Gasteiger charge is 2.18. The van der Waals surface area contributed by atoms with E-state index in [0.29, 0.717) is 5.56 Å². The molecule has 90 valence electrons. The van der Waals surface area contributed by atoms with Crippen LogP contribution < -0.4 is 5.73 Å². The second kappa shape index (κ2) is 3.89. The summed E-state index contributed by atoms with van der Waals surface area (Å²) in [6, 6.07) is 5.64. The van der Waals surface area contributed by atoms with Crippen molar-refractivity contribution in [3.8, 4) is 0 Å². The molecule has 2 rings (SSSR count). The van der Waals surface area contributed by atoms with E-state index in [1.165, 1.54) is 0 Å². The summed E-state index contributed by atoms with van der Waals surface area (Å²) in [5, 5.41) is 10.0. The van der Waals surface area contributed by atoms with Gasteiger partial charge in [0.15, 0.2) is 0 Å². The van der Waals surface area contributed by atoms with E-state index in [1.54, 1.807) is 0 Å². The minimum atomic E-state index is -0.894. The van der Waals surface area contributed by atoms with E-state index in [9.17, 15) is 9.90 Å². The molecule has 1 unspecified atom stereocenters. The number of hydrogen-bond acceptors (Lipinski definition) is 2. The van der Waals surface area contributed by atoms with Crippen LogP contribution in [0.15, 0.2) is 18.2 Å². The zero-order chi connectivity index (χ0) is 12.7. The summed E-state index contributed by atoms with van der Waals surface area (Å²) in [4.78, 5) is 11.3. The Hall–Kier alpha value is -1.81. The van der Waals surface area contributed by atoms with Crippen molar-refractivity contribution in [2.75, 3.05) is 0 Å². The van der Waals surface area contributed by atoms with E-state index in [1.807, 2.05) is 43.7 Å². The Morgan fingerprint density at radius 3 is 2.65 bits per heavy atom. The van der Waals surface area contributed by atoms with Crippen LogP contribution in [-0.4, -0.2) is 15.6 Å². The molecule has 0 bridgehead atoms. The number of carboxylic acids is 1. The number of aromatic carboxylic acids is 1. The van der Waals surface area contributed by atoms with Gasteiger partial charge in [0, 0.05) is 29.7 Å². The van der Waals surface area contributed by atoms with E-state index < -0.39 is 5.97 Å². The van der Waals surface area contributed by atoms with Gasteiger partial charge in [0.05, 0.1) is 5.56 Å². The Kier molecular flexibility index (Phi) is 2.67. The second-order valence-corrected chi connectivity index (χ2v) is 4.39. The molecule has 0 aliphatic heterocycles. The summed E-state index contributed by atoms with van der Waals surface area (Å²) in [6.07, 6.45) is 0. The molecule has 0 radical (unpaired) electrons. The van der Waals surface area contributed by atoms with Crippen molar-refractivity contribution < 1.29 is 9.90 Å². The molecule has 4 heteroatoms. The average Bonchev–Trinajstić information content (AvgIpc) is 2.51. The topological polar surface area (TPSA) is 68.2 Å². The van der Waals surface area contributed by atoms with Crippen LogP contribution in [0.2, 0.25) is 0 Å². The number of hydrogen-bond donors (Lipinski definition) is 2. The first kappa shape index (κ1) is 11.7. The minimum Gasteiger partial charge on any atom is -0.478 e. The lowest BCUT2D eigenvalue weighted by Gasteiger charge is -2.05. The number of fused-ring (bicyclic) bond motifs is 1. The van der Waals surface area contributed by atoms with Crippen molar-refractivity contribution in [3.05, 3.63) is 35.0 Å². The third-order valence-electron chi connectivity index (χ3n) is 3.26. The number of benzene rings is 1. The Morgan fingerprint density at radius 1 is 1.47 bits per heavy atom. The summed E-state index contributed by atoms with van der Waals surface area (Å²) in [7, 11) is 1.87. The van der Waals surface area contributed by atoms with Crippen molar-refractivity contribution in [2.24, 2.45) is 12.8 Å². The summed E-state index contributed by atoms with van der Waals surface area (Å²) < 4.78 is 1.89. The molecule has 0 saturated carbocycles. The van der Waals surface area contributed by atoms with Crippen LogP contribution in [0.1, 0.15) is 34.6 Å². The Morgan fingerprint density at radius 2 is 2.12 bits per heavy atom. The fourth-order valence-electron chi connectivity index (χ4n) is 2.14. The summed E-state index contributed by atoms with van der Waals surface area (Å²) >= 11 is 0. The van der Waals surface area contributed by atoms with Gasteiger partial charge in [-0.15, -0.1) is 0 Å². The number of rotatable bonds is 2. The highest BCUT2D eigenvalue weighted by molar-refractivity contribution is 6.05. The quantitative estimate of drug-likeness (QED) is 0.834. The molecule has 2 aromatic rings. The zero-order valence-electron chi connectivity index (χ0n) is 10.2. The Labute approximate surface area is 99.7 Å². The minimum absolute atomic E-state index is 0.0958. The smallest absolute Gasteiger partial charge is 0.338 e. The molecule has 0 aliphatic rings. The summed E-state index contributed by atoms with van der Waals surface area (Å²) in [5.74, 6) is -0.894. The molecule has 1 aromatic carbocycles. The van der Waals surface area contributed by atoms with Crippen LogP contribution >= 0.6 is 0 Å². The standard InChI is InChI=1S/C13H16N2O2/c1-7(14)9-4-5-11-10(6-9)12(13(16)17)8(2)15(11)3/h4-7H,14H2,1-3H3,(H,16,17).